The first-order chi connectivity index (χ1) is 8.99. The molecule has 0 bridgehead atoms. The van der Waals surface area contributed by atoms with E-state index in [0.717, 1.165) is 5.56 Å². The predicted molar refractivity (Wildman–Crippen MR) is 69.7 cm³/mol. The third-order valence-corrected chi connectivity index (χ3v) is 2.84. The summed E-state index contributed by atoms with van der Waals surface area (Å²) in [6, 6.07) is 7.31. The molecule has 2 aromatic rings. The fourth-order valence-corrected chi connectivity index (χ4v) is 1.70. The van der Waals surface area contributed by atoms with Gasteiger partial charge in [-0.25, -0.2) is 4.79 Å². The number of benzene rings is 1. The fourth-order valence-electron chi connectivity index (χ4n) is 1.70. The highest BCUT2D eigenvalue weighted by Gasteiger charge is 2.19. The van der Waals surface area contributed by atoms with Crippen LogP contribution in [0.1, 0.15) is 27.2 Å². The summed E-state index contributed by atoms with van der Waals surface area (Å²) in [5, 5.41) is 17.0. The Labute approximate surface area is 110 Å². The number of hydrogen-bond donors (Lipinski definition) is 1. The highest BCUT2D eigenvalue weighted by molar-refractivity contribution is 5.92. The summed E-state index contributed by atoms with van der Waals surface area (Å²) in [7, 11) is 0. The average molecular weight is 258 g/mol. The number of rotatable bonds is 3. The Hall–Kier alpha value is -2.43. The third-order valence-electron chi connectivity index (χ3n) is 2.84. The van der Waals surface area contributed by atoms with Gasteiger partial charge in [-0.3, -0.25) is 0 Å². The highest BCUT2D eigenvalue weighted by atomic mass is 16.5. The first kappa shape index (κ1) is 13.0. The Kier molecular flexibility index (Phi) is 3.46. The standard InChI is InChI=1S/C14H14N2O3/c1-8-5-4-6-11(7-8)19-13-12(14(17)18)9(2)10(3)15-16-13/h4-7H,1-3H3,(H,17,18). The van der Waals surface area contributed by atoms with E-state index < -0.39 is 5.97 Å². The minimum absolute atomic E-state index is 0.0150. The molecule has 0 aliphatic rings. The normalized spacial score (nSPS) is 10.3. The van der Waals surface area contributed by atoms with Crippen molar-refractivity contribution in [2.24, 2.45) is 0 Å². The second-order valence-corrected chi connectivity index (χ2v) is 4.31. The van der Waals surface area contributed by atoms with Gasteiger partial charge in [0, 0.05) is 0 Å². The molecule has 0 amide bonds. The first-order valence-electron chi connectivity index (χ1n) is 5.80. The lowest BCUT2D eigenvalue weighted by Gasteiger charge is -2.10. The van der Waals surface area contributed by atoms with Crippen molar-refractivity contribution in [1.29, 1.82) is 0 Å². The number of hydrogen-bond acceptors (Lipinski definition) is 4. The molecule has 0 unspecified atom stereocenters. The third kappa shape index (κ3) is 2.70. The quantitative estimate of drug-likeness (QED) is 0.916. The molecule has 1 aromatic heterocycles. The Balaban J connectivity index is 2.46. The summed E-state index contributed by atoms with van der Waals surface area (Å²) in [4.78, 5) is 11.3. The van der Waals surface area contributed by atoms with Gasteiger partial charge in [-0.2, -0.15) is 5.10 Å². The van der Waals surface area contributed by atoms with Crippen molar-refractivity contribution in [2.75, 3.05) is 0 Å². The van der Waals surface area contributed by atoms with Gasteiger partial charge in [0.1, 0.15) is 11.3 Å². The monoisotopic (exact) mass is 258 g/mol. The van der Waals surface area contributed by atoms with Crippen LogP contribution < -0.4 is 4.74 Å². The lowest BCUT2D eigenvalue weighted by atomic mass is 10.1. The van der Waals surface area contributed by atoms with E-state index in [1.54, 1.807) is 19.9 Å². The second kappa shape index (κ2) is 5.06. The van der Waals surface area contributed by atoms with Crippen molar-refractivity contribution in [1.82, 2.24) is 10.2 Å². The maximum atomic E-state index is 11.3. The zero-order chi connectivity index (χ0) is 14.0. The van der Waals surface area contributed by atoms with Gasteiger partial charge in [0.25, 0.3) is 5.88 Å². The van der Waals surface area contributed by atoms with Crippen molar-refractivity contribution in [3.8, 4) is 11.6 Å². The van der Waals surface area contributed by atoms with E-state index in [1.165, 1.54) is 0 Å². The number of aromatic nitrogens is 2. The molecule has 98 valence electrons. The van der Waals surface area contributed by atoms with E-state index in [0.29, 0.717) is 17.0 Å². The molecule has 5 nitrogen and oxygen atoms in total. The van der Waals surface area contributed by atoms with Crippen LogP contribution in [0.4, 0.5) is 0 Å². The van der Waals surface area contributed by atoms with Crippen molar-refractivity contribution in [3.05, 3.63) is 46.6 Å². The summed E-state index contributed by atoms with van der Waals surface area (Å²) < 4.78 is 5.53. The fraction of sp³-hybridized carbons (Fsp3) is 0.214. The van der Waals surface area contributed by atoms with Gasteiger partial charge in [0.05, 0.1) is 5.69 Å². The smallest absolute Gasteiger partial charge is 0.341 e. The van der Waals surface area contributed by atoms with E-state index >= 15 is 0 Å². The lowest BCUT2D eigenvalue weighted by Crippen LogP contribution is -2.08. The van der Waals surface area contributed by atoms with Crippen LogP contribution >= 0.6 is 0 Å². The van der Waals surface area contributed by atoms with Crippen LogP contribution in [-0.2, 0) is 0 Å². The van der Waals surface area contributed by atoms with Gasteiger partial charge in [-0.15, -0.1) is 5.10 Å². The molecule has 2 rings (SSSR count). The number of carbonyl (C=O) groups is 1. The molecule has 1 heterocycles. The van der Waals surface area contributed by atoms with Crippen LogP contribution in [0, 0.1) is 20.8 Å². The largest absolute Gasteiger partial charge is 0.477 e. The first-order valence-corrected chi connectivity index (χ1v) is 5.80. The molecular formula is C14H14N2O3. The van der Waals surface area contributed by atoms with E-state index in [2.05, 4.69) is 10.2 Å². The van der Waals surface area contributed by atoms with Crippen molar-refractivity contribution in [2.45, 2.75) is 20.8 Å². The Morgan fingerprint density at radius 1 is 1.21 bits per heavy atom. The minimum Gasteiger partial charge on any atom is -0.477 e. The number of ether oxygens (including phenoxy) is 1. The van der Waals surface area contributed by atoms with E-state index in [-0.39, 0.29) is 11.4 Å². The van der Waals surface area contributed by atoms with Crippen LogP contribution in [0.2, 0.25) is 0 Å². The molecule has 5 heteroatoms. The minimum atomic E-state index is -1.07. The number of nitrogens with zero attached hydrogens (tertiary/aromatic N) is 2. The summed E-state index contributed by atoms with van der Waals surface area (Å²) >= 11 is 0. The number of aromatic carboxylic acids is 1. The lowest BCUT2D eigenvalue weighted by molar-refractivity contribution is 0.0692. The molecule has 0 aliphatic carbocycles. The molecule has 19 heavy (non-hydrogen) atoms. The van der Waals surface area contributed by atoms with Crippen molar-refractivity contribution in [3.63, 3.8) is 0 Å². The van der Waals surface area contributed by atoms with Crippen molar-refractivity contribution < 1.29 is 14.6 Å². The van der Waals surface area contributed by atoms with Crippen LogP contribution in [0.5, 0.6) is 11.6 Å². The van der Waals surface area contributed by atoms with Crippen LogP contribution in [-0.4, -0.2) is 21.3 Å². The van der Waals surface area contributed by atoms with E-state index in [4.69, 9.17) is 4.74 Å². The summed E-state index contributed by atoms with van der Waals surface area (Å²) in [5.74, 6) is -0.514. The maximum absolute atomic E-state index is 11.3. The summed E-state index contributed by atoms with van der Waals surface area (Å²) in [6.45, 7) is 5.33. The molecule has 1 N–H and O–H groups in total. The van der Waals surface area contributed by atoms with Gasteiger partial charge >= 0.3 is 5.97 Å². The summed E-state index contributed by atoms with van der Waals surface area (Å²) in [6.07, 6.45) is 0. The molecule has 0 aliphatic heterocycles. The van der Waals surface area contributed by atoms with Gasteiger partial charge < -0.3 is 9.84 Å². The molecule has 1 aromatic carbocycles. The molecule has 0 saturated heterocycles. The summed E-state index contributed by atoms with van der Waals surface area (Å²) in [5.41, 5.74) is 2.21. The SMILES string of the molecule is Cc1cccc(Oc2nnc(C)c(C)c2C(=O)O)c1. The molecule has 0 fully saturated rings. The number of carboxylic acids is 1. The topological polar surface area (TPSA) is 72.3 Å². The second-order valence-electron chi connectivity index (χ2n) is 4.31. The zero-order valence-corrected chi connectivity index (χ0v) is 11.0. The molecule has 0 saturated carbocycles. The molecule has 0 atom stereocenters. The van der Waals surface area contributed by atoms with Crippen LogP contribution in [0.3, 0.4) is 0 Å². The van der Waals surface area contributed by atoms with Gasteiger partial charge in [-0.1, -0.05) is 12.1 Å². The van der Waals surface area contributed by atoms with Crippen molar-refractivity contribution >= 4 is 5.97 Å². The maximum Gasteiger partial charge on any atom is 0.341 e. The molecular weight excluding hydrogens is 244 g/mol. The van der Waals surface area contributed by atoms with E-state index in [9.17, 15) is 9.90 Å². The zero-order valence-electron chi connectivity index (χ0n) is 11.0. The van der Waals surface area contributed by atoms with Crippen LogP contribution in [0.25, 0.3) is 0 Å². The van der Waals surface area contributed by atoms with Crippen LogP contribution in [0.15, 0.2) is 24.3 Å². The Morgan fingerprint density at radius 2 is 1.95 bits per heavy atom. The molecule has 0 spiro atoms. The highest BCUT2D eigenvalue weighted by Crippen LogP contribution is 2.26. The molecule has 0 radical (unpaired) electrons. The average Bonchev–Trinajstić information content (AvgIpc) is 2.33. The van der Waals surface area contributed by atoms with E-state index in [1.807, 2.05) is 25.1 Å². The Morgan fingerprint density at radius 3 is 2.58 bits per heavy atom. The predicted octanol–water partition coefficient (Wildman–Crippen LogP) is 2.89. The number of carboxylic acid groups (broad SMARTS) is 1. The van der Waals surface area contributed by atoms with Gasteiger partial charge in [0.2, 0.25) is 0 Å². The Bertz CT molecular complexity index is 639. The van der Waals surface area contributed by atoms with Gasteiger partial charge in [-0.05, 0) is 44.0 Å². The van der Waals surface area contributed by atoms with Gasteiger partial charge in [0.15, 0.2) is 0 Å². The number of aryl methyl sites for hydroxylation is 2.